The molecule has 0 radical (unpaired) electrons. The summed E-state index contributed by atoms with van der Waals surface area (Å²) < 4.78 is 1.98. The van der Waals surface area contributed by atoms with E-state index in [2.05, 4.69) is 53.7 Å². The molecule has 1 heterocycles. The summed E-state index contributed by atoms with van der Waals surface area (Å²) >= 11 is 0. The average molecular weight is 257 g/mol. The van der Waals surface area contributed by atoms with Crippen molar-refractivity contribution in [3.8, 4) is 0 Å². The zero-order chi connectivity index (χ0) is 13.5. The van der Waals surface area contributed by atoms with Gasteiger partial charge in [0.2, 0.25) is 0 Å². The zero-order valence-corrected chi connectivity index (χ0v) is 11.9. The molecule has 2 aromatic rings. The van der Waals surface area contributed by atoms with Crippen LogP contribution in [-0.4, -0.2) is 16.3 Å². The van der Waals surface area contributed by atoms with Gasteiger partial charge < -0.3 is 5.32 Å². The van der Waals surface area contributed by atoms with Crippen LogP contribution in [-0.2, 0) is 26.4 Å². The van der Waals surface area contributed by atoms with E-state index in [0.717, 1.165) is 25.9 Å². The first-order valence-corrected chi connectivity index (χ1v) is 7.06. The Morgan fingerprint density at radius 3 is 2.68 bits per heavy atom. The molecule has 0 saturated heterocycles. The largest absolute Gasteiger partial charge is 0.311 e. The molecule has 0 unspecified atom stereocenters. The van der Waals surface area contributed by atoms with Gasteiger partial charge in [-0.1, -0.05) is 37.3 Å². The Morgan fingerprint density at radius 2 is 2.00 bits per heavy atom. The van der Waals surface area contributed by atoms with Crippen molar-refractivity contribution in [2.24, 2.45) is 7.05 Å². The quantitative estimate of drug-likeness (QED) is 0.773. The number of nitrogens with one attached hydrogen (secondary N) is 1. The average Bonchev–Trinajstić information content (AvgIpc) is 2.80. The highest BCUT2D eigenvalue weighted by molar-refractivity contribution is 5.14. The van der Waals surface area contributed by atoms with Gasteiger partial charge in [0.1, 0.15) is 0 Å². The van der Waals surface area contributed by atoms with E-state index in [0.29, 0.717) is 0 Å². The lowest BCUT2D eigenvalue weighted by Gasteiger charge is -2.05. The Labute approximate surface area is 115 Å². The second-order valence-electron chi connectivity index (χ2n) is 4.87. The van der Waals surface area contributed by atoms with Crippen molar-refractivity contribution >= 4 is 0 Å². The SMILES string of the molecule is CCc1cc(CNCCCc2ccccc2)n(C)n1. The van der Waals surface area contributed by atoms with Gasteiger partial charge in [-0.05, 0) is 37.4 Å². The van der Waals surface area contributed by atoms with E-state index in [1.54, 1.807) is 0 Å². The normalized spacial score (nSPS) is 10.8. The summed E-state index contributed by atoms with van der Waals surface area (Å²) in [5.74, 6) is 0. The molecule has 19 heavy (non-hydrogen) atoms. The minimum atomic E-state index is 0.901. The van der Waals surface area contributed by atoms with Gasteiger partial charge in [-0.2, -0.15) is 5.10 Å². The minimum Gasteiger partial charge on any atom is -0.311 e. The van der Waals surface area contributed by atoms with Crippen molar-refractivity contribution in [3.05, 3.63) is 53.3 Å². The molecule has 1 aromatic carbocycles. The monoisotopic (exact) mass is 257 g/mol. The summed E-state index contributed by atoms with van der Waals surface area (Å²) in [4.78, 5) is 0. The summed E-state index contributed by atoms with van der Waals surface area (Å²) in [6, 6.07) is 12.8. The van der Waals surface area contributed by atoms with Gasteiger partial charge in [0.15, 0.2) is 0 Å². The summed E-state index contributed by atoms with van der Waals surface area (Å²) in [6.07, 6.45) is 3.31. The van der Waals surface area contributed by atoms with E-state index in [4.69, 9.17) is 0 Å². The number of aryl methyl sites for hydroxylation is 3. The highest BCUT2D eigenvalue weighted by Crippen LogP contribution is 2.04. The highest BCUT2D eigenvalue weighted by Gasteiger charge is 2.02. The smallest absolute Gasteiger partial charge is 0.0625 e. The van der Waals surface area contributed by atoms with Crippen LogP contribution in [0, 0.1) is 0 Å². The molecule has 0 amide bonds. The third-order valence-corrected chi connectivity index (χ3v) is 3.36. The number of nitrogens with zero attached hydrogens (tertiary/aromatic N) is 2. The van der Waals surface area contributed by atoms with Gasteiger partial charge in [-0.25, -0.2) is 0 Å². The van der Waals surface area contributed by atoms with Crippen molar-refractivity contribution in [2.75, 3.05) is 6.54 Å². The molecule has 0 saturated carbocycles. The summed E-state index contributed by atoms with van der Waals surface area (Å²) in [7, 11) is 2.01. The fraction of sp³-hybridized carbons (Fsp3) is 0.438. The van der Waals surface area contributed by atoms with E-state index in [1.807, 2.05) is 11.7 Å². The standard InChI is InChI=1S/C16H23N3/c1-3-15-12-16(19(2)18-15)13-17-11-7-10-14-8-5-4-6-9-14/h4-6,8-9,12,17H,3,7,10-11,13H2,1-2H3. The van der Waals surface area contributed by atoms with Crippen molar-refractivity contribution < 1.29 is 0 Å². The molecule has 1 N–H and O–H groups in total. The molecule has 102 valence electrons. The molecule has 1 aromatic heterocycles. The van der Waals surface area contributed by atoms with E-state index < -0.39 is 0 Å². The van der Waals surface area contributed by atoms with Crippen molar-refractivity contribution in [3.63, 3.8) is 0 Å². The molecule has 3 nitrogen and oxygen atoms in total. The number of hydrogen-bond acceptors (Lipinski definition) is 2. The van der Waals surface area contributed by atoms with Crippen molar-refractivity contribution in [1.29, 1.82) is 0 Å². The second-order valence-corrected chi connectivity index (χ2v) is 4.87. The Morgan fingerprint density at radius 1 is 1.21 bits per heavy atom. The Kier molecular flexibility index (Phi) is 5.16. The van der Waals surface area contributed by atoms with Crippen LogP contribution in [0.4, 0.5) is 0 Å². The van der Waals surface area contributed by atoms with Crippen LogP contribution in [0.5, 0.6) is 0 Å². The summed E-state index contributed by atoms with van der Waals surface area (Å²) in [5, 5.41) is 7.94. The van der Waals surface area contributed by atoms with Crippen LogP contribution in [0.15, 0.2) is 36.4 Å². The lowest BCUT2D eigenvalue weighted by Crippen LogP contribution is -2.17. The van der Waals surface area contributed by atoms with E-state index in [-0.39, 0.29) is 0 Å². The van der Waals surface area contributed by atoms with Gasteiger partial charge >= 0.3 is 0 Å². The molecule has 0 fully saturated rings. The molecule has 0 aliphatic heterocycles. The van der Waals surface area contributed by atoms with Crippen LogP contribution in [0.1, 0.15) is 30.3 Å². The number of hydrogen-bond donors (Lipinski definition) is 1. The maximum Gasteiger partial charge on any atom is 0.0625 e. The Hall–Kier alpha value is -1.61. The highest BCUT2D eigenvalue weighted by atomic mass is 15.3. The zero-order valence-electron chi connectivity index (χ0n) is 11.9. The maximum atomic E-state index is 4.45. The first-order valence-electron chi connectivity index (χ1n) is 7.06. The van der Waals surface area contributed by atoms with Crippen molar-refractivity contribution in [2.45, 2.75) is 32.7 Å². The Bertz CT molecular complexity index is 488. The third-order valence-electron chi connectivity index (χ3n) is 3.36. The summed E-state index contributed by atoms with van der Waals surface area (Å²) in [5.41, 5.74) is 3.85. The Balaban J connectivity index is 1.68. The predicted octanol–water partition coefficient (Wildman–Crippen LogP) is 2.70. The molecule has 0 bridgehead atoms. The van der Waals surface area contributed by atoms with Gasteiger partial charge in [0.25, 0.3) is 0 Å². The molecule has 3 heteroatoms. The van der Waals surface area contributed by atoms with Crippen LogP contribution in [0.3, 0.4) is 0 Å². The van der Waals surface area contributed by atoms with Crippen LogP contribution in [0.2, 0.25) is 0 Å². The van der Waals surface area contributed by atoms with Crippen molar-refractivity contribution in [1.82, 2.24) is 15.1 Å². The fourth-order valence-electron chi connectivity index (χ4n) is 2.19. The van der Waals surface area contributed by atoms with Gasteiger partial charge in [0.05, 0.1) is 11.4 Å². The van der Waals surface area contributed by atoms with E-state index in [9.17, 15) is 0 Å². The number of aromatic nitrogens is 2. The maximum absolute atomic E-state index is 4.45. The first kappa shape index (κ1) is 13.8. The van der Waals surface area contributed by atoms with Gasteiger partial charge in [-0.15, -0.1) is 0 Å². The minimum absolute atomic E-state index is 0.901. The van der Waals surface area contributed by atoms with Crippen LogP contribution < -0.4 is 5.32 Å². The van der Waals surface area contributed by atoms with Crippen LogP contribution in [0.25, 0.3) is 0 Å². The van der Waals surface area contributed by atoms with Gasteiger partial charge in [-0.3, -0.25) is 4.68 Å². The number of rotatable bonds is 7. The molecule has 0 aliphatic rings. The van der Waals surface area contributed by atoms with Crippen LogP contribution >= 0.6 is 0 Å². The molecule has 2 rings (SSSR count). The lowest BCUT2D eigenvalue weighted by molar-refractivity contribution is 0.605. The van der Waals surface area contributed by atoms with E-state index in [1.165, 1.54) is 23.4 Å². The molecule has 0 aliphatic carbocycles. The summed E-state index contributed by atoms with van der Waals surface area (Å²) in [6.45, 7) is 4.08. The third kappa shape index (κ3) is 4.21. The molecule has 0 spiro atoms. The molecular formula is C16H23N3. The first-order chi connectivity index (χ1) is 9.29. The molecule has 0 atom stereocenters. The molecular weight excluding hydrogens is 234 g/mol. The fourth-order valence-corrected chi connectivity index (χ4v) is 2.19. The number of benzene rings is 1. The second kappa shape index (κ2) is 7.10. The van der Waals surface area contributed by atoms with E-state index >= 15 is 0 Å². The van der Waals surface area contributed by atoms with Gasteiger partial charge in [0, 0.05) is 13.6 Å². The predicted molar refractivity (Wildman–Crippen MR) is 79.1 cm³/mol. The lowest BCUT2D eigenvalue weighted by atomic mass is 10.1. The topological polar surface area (TPSA) is 29.9 Å².